The van der Waals surface area contributed by atoms with Crippen molar-refractivity contribution in [1.82, 2.24) is 14.7 Å². The molecule has 2 aromatic carbocycles. The van der Waals surface area contributed by atoms with E-state index >= 15 is 0 Å². The number of piperazine rings is 1. The Morgan fingerprint density at radius 3 is 2.18 bits per heavy atom. The molecule has 1 atom stereocenters. The standard InChI is InChI=1S/C33H46N4S/c1-34-12-14-36(15-13-34)31(33-19-25-16-26(20-33)18-27(17-25)21-33)23-35-10-8-24(9-11-35)22-37-29-6-2-4-28-5-3-7-30(38-37)32(28)29/h2-7,24-27,31H,8-23H2,1H3. The smallest absolute Gasteiger partial charge is 0.0563 e. The van der Waals surface area contributed by atoms with Crippen LogP contribution in [0.5, 0.6) is 0 Å². The minimum absolute atomic E-state index is 0.623. The number of likely N-dealkylation sites (N-methyl/N-ethyl adjacent to an activating group) is 1. The predicted octanol–water partition coefficient (Wildman–Crippen LogP) is 6.21. The second-order valence-corrected chi connectivity index (χ2v) is 15.2. The van der Waals surface area contributed by atoms with Gasteiger partial charge in [0, 0.05) is 55.6 Å². The van der Waals surface area contributed by atoms with Gasteiger partial charge < -0.3 is 14.1 Å². The summed E-state index contributed by atoms with van der Waals surface area (Å²) in [4.78, 5) is 9.89. The van der Waals surface area contributed by atoms with Crippen LogP contribution in [0.3, 0.4) is 0 Å². The number of hydrogen-bond acceptors (Lipinski definition) is 5. The summed E-state index contributed by atoms with van der Waals surface area (Å²) in [6.07, 6.45) is 12.0. The van der Waals surface area contributed by atoms with Gasteiger partial charge in [0.15, 0.2) is 0 Å². The van der Waals surface area contributed by atoms with E-state index in [-0.39, 0.29) is 0 Å². The van der Waals surface area contributed by atoms with Crippen molar-refractivity contribution in [3.8, 4) is 0 Å². The Morgan fingerprint density at radius 1 is 0.842 bits per heavy atom. The van der Waals surface area contributed by atoms with Crippen molar-refractivity contribution in [2.75, 3.05) is 63.7 Å². The van der Waals surface area contributed by atoms with Crippen LogP contribution in [0.2, 0.25) is 0 Å². The second kappa shape index (κ2) is 9.68. The second-order valence-electron chi connectivity index (χ2n) is 14.2. The summed E-state index contributed by atoms with van der Waals surface area (Å²) in [5, 5.41) is 2.87. The highest BCUT2D eigenvalue weighted by molar-refractivity contribution is 8.01. The van der Waals surface area contributed by atoms with Crippen LogP contribution in [0.4, 0.5) is 5.69 Å². The fraction of sp³-hybridized carbons (Fsp3) is 0.697. The molecule has 4 bridgehead atoms. The van der Waals surface area contributed by atoms with Gasteiger partial charge in [-0.05, 0) is 130 Å². The number of hydrogen-bond donors (Lipinski definition) is 0. The van der Waals surface area contributed by atoms with Gasteiger partial charge in [-0.3, -0.25) is 4.90 Å². The molecule has 3 aliphatic heterocycles. The third kappa shape index (κ3) is 4.31. The third-order valence-corrected chi connectivity index (χ3v) is 12.8. The Hall–Kier alpha value is -1.27. The Balaban J connectivity index is 0.946. The van der Waals surface area contributed by atoms with Gasteiger partial charge in [-0.1, -0.05) is 24.3 Å². The minimum atomic E-state index is 0.623. The van der Waals surface area contributed by atoms with Gasteiger partial charge >= 0.3 is 0 Å². The highest BCUT2D eigenvalue weighted by atomic mass is 32.2. The fourth-order valence-electron chi connectivity index (χ4n) is 10.1. The fourth-order valence-corrected chi connectivity index (χ4v) is 11.3. The van der Waals surface area contributed by atoms with Crippen LogP contribution in [0.25, 0.3) is 10.8 Å². The zero-order valence-electron chi connectivity index (χ0n) is 23.4. The molecular formula is C33H46N4S. The summed E-state index contributed by atoms with van der Waals surface area (Å²) in [5.74, 6) is 3.96. The molecular weight excluding hydrogens is 484 g/mol. The first-order valence-corrected chi connectivity index (χ1v) is 16.5. The maximum Gasteiger partial charge on any atom is 0.0563 e. The van der Waals surface area contributed by atoms with Crippen LogP contribution in [0, 0.1) is 29.1 Å². The molecule has 0 N–H and O–H groups in total. The van der Waals surface area contributed by atoms with Gasteiger partial charge in [-0.2, -0.15) is 0 Å². The molecule has 0 spiro atoms. The van der Waals surface area contributed by atoms with E-state index in [1.165, 1.54) is 86.6 Å². The van der Waals surface area contributed by atoms with Gasteiger partial charge in [-0.15, -0.1) is 0 Å². The summed E-state index contributed by atoms with van der Waals surface area (Å²) in [7, 11) is 2.32. The zero-order valence-corrected chi connectivity index (χ0v) is 24.2. The highest BCUT2D eigenvalue weighted by Crippen LogP contribution is 2.62. The number of benzene rings is 2. The van der Waals surface area contributed by atoms with E-state index in [1.807, 2.05) is 11.9 Å². The normalized spacial score (nSPS) is 35.0. The van der Waals surface area contributed by atoms with Crippen LogP contribution < -0.4 is 4.31 Å². The van der Waals surface area contributed by atoms with Gasteiger partial charge in [0.25, 0.3) is 0 Å². The number of nitrogens with zero attached hydrogens (tertiary/aromatic N) is 4. The van der Waals surface area contributed by atoms with Crippen molar-refractivity contribution in [3.05, 3.63) is 36.4 Å². The van der Waals surface area contributed by atoms with Crippen molar-refractivity contribution in [1.29, 1.82) is 0 Å². The van der Waals surface area contributed by atoms with E-state index in [2.05, 4.69) is 62.5 Å². The first-order valence-electron chi connectivity index (χ1n) is 15.7. The quantitative estimate of drug-likeness (QED) is 0.411. The van der Waals surface area contributed by atoms with Gasteiger partial charge in [0.2, 0.25) is 0 Å². The summed E-state index contributed by atoms with van der Waals surface area (Å²) < 4.78 is 2.61. The molecule has 4 nitrogen and oxygen atoms in total. The topological polar surface area (TPSA) is 13.0 Å². The molecule has 0 amide bonds. The SMILES string of the molecule is CN1CCN(C(CN2CCC(CN3Sc4cccc5cccc3c45)CC2)C23CC4CC(CC(C4)C2)C3)CC1. The average Bonchev–Trinajstić information content (AvgIpc) is 3.27. The van der Waals surface area contributed by atoms with Crippen molar-refractivity contribution in [2.45, 2.75) is 62.3 Å². The molecule has 6 fully saturated rings. The van der Waals surface area contributed by atoms with Crippen molar-refractivity contribution in [2.24, 2.45) is 29.1 Å². The molecule has 3 heterocycles. The first kappa shape index (κ1) is 24.5. The van der Waals surface area contributed by atoms with Crippen molar-refractivity contribution < 1.29 is 0 Å². The molecule has 38 heavy (non-hydrogen) atoms. The lowest BCUT2D eigenvalue weighted by atomic mass is 9.47. The zero-order chi connectivity index (χ0) is 25.3. The molecule has 0 aromatic heterocycles. The average molecular weight is 531 g/mol. The summed E-state index contributed by atoms with van der Waals surface area (Å²) in [6.45, 7) is 10.2. The lowest BCUT2D eigenvalue weighted by Gasteiger charge is -2.62. The largest absolute Gasteiger partial charge is 0.311 e. The van der Waals surface area contributed by atoms with E-state index in [0.717, 1.165) is 29.7 Å². The Labute approximate surface area is 234 Å². The van der Waals surface area contributed by atoms with Crippen molar-refractivity contribution in [3.63, 3.8) is 0 Å². The number of piperidine rings is 1. The highest BCUT2D eigenvalue weighted by Gasteiger charge is 2.55. The van der Waals surface area contributed by atoms with Gasteiger partial charge in [0.1, 0.15) is 0 Å². The third-order valence-electron chi connectivity index (χ3n) is 11.7. The van der Waals surface area contributed by atoms with Crippen LogP contribution >= 0.6 is 11.9 Å². The maximum atomic E-state index is 2.98. The molecule has 9 rings (SSSR count). The van der Waals surface area contributed by atoms with Gasteiger partial charge in [-0.25, -0.2) is 0 Å². The van der Waals surface area contributed by atoms with Crippen LogP contribution in [-0.2, 0) is 0 Å². The lowest BCUT2D eigenvalue weighted by molar-refractivity contribution is -0.114. The Kier molecular flexibility index (Phi) is 6.25. The maximum absolute atomic E-state index is 2.98. The van der Waals surface area contributed by atoms with Crippen LogP contribution in [0.1, 0.15) is 51.4 Å². The van der Waals surface area contributed by atoms with Crippen LogP contribution in [-0.4, -0.2) is 80.1 Å². The molecule has 1 unspecified atom stereocenters. The molecule has 4 aliphatic carbocycles. The minimum Gasteiger partial charge on any atom is -0.311 e. The lowest BCUT2D eigenvalue weighted by Crippen LogP contribution is -2.63. The molecule has 5 heteroatoms. The van der Waals surface area contributed by atoms with E-state index < -0.39 is 0 Å². The van der Waals surface area contributed by atoms with E-state index in [9.17, 15) is 0 Å². The molecule has 4 saturated carbocycles. The number of rotatable bonds is 6. The summed E-state index contributed by atoms with van der Waals surface area (Å²) in [6, 6.07) is 14.4. The molecule has 0 radical (unpaired) electrons. The van der Waals surface area contributed by atoms with E-state index in [4.69, 9.17) is 0 Å². The summed E-state index contributed by atoms with van der Waals surface area (Å²) >= 11 is 1.98. The monoisotopic (exact) mass is 530 g/mol. The number of likely N-dealkylation sites (tertiary alicyclic amines) is 1. The Bertz CT molecular complexity index is 1120. The molecule has 7 aliphatic rings. The first-order chi connectivity index (χ1) is 18.6. The predicted molar refractivity (Wildman–Crippen MR) is 160 cm³/mol. The summed E-state index contributed by atoms with van der Waals surface area (Å²) in [5.41, 5.74) is 2.07. The van der Waals surface area contributed by atoms with Crippen molar-refractivity contribution >= 4 is 28.4 Å². The molecule has 204 valence electrons. The van der Waals surface area contributed by atoms with Crippen LogP contribution in [0.15, 0.2) is 41.3 Å². The molecule has 2 aromatic rings. The Morgan fingerprint density at radius 2 is 1.50 bits per heavy atom. The van der Waals surface area contributed by atoms with E-state index in [0.29, 0.717) is 5.41 Å². The van der Waals surface area contributed by atoms with E-state index in [1.54, 1.807) is 38.5 Å². The van der Waals surface area contributed by atoms with Gasteiger partial charge in [0.05, 0.1) is 5.69 Å². The number of anilines is 1. The molecule has 2 saturated heterocycles.